The Morgan fingerprint density at radius 3 is 2.50 bits per heavy atom. The molecule has 1 N–H and O–H groups in total. The molecule has 3 rings (SSSR count). The first-order chi connectivity index (χ1) is 10.6. The molecule has 1 unspecified atom stereocenters. The molecule has 4 nitrogen and oxygen atoms in total. The Morgan fingerprint density at radius 1 is 1.09 bits per heavy atom. The molecule has 112 valence electrons. The van der Waals surface area contributed by atoms with Gasteiger partial charge in [0.25, 0.3) is 5.91 Å². The van der Waals surface area contributed by atoms with Crippen LogP contribution in [0.3, 0.4) is 0 Å². The number of hydrogen-bond acceptors (Lipinski definition) is 3. The Hall–Kier alpha value is -2.62. The molecule has 4 heteroatoms. The minimum Gasteiger partial charge on any atom is -0.448 e. The van der Waals surface area contributed by atoms with E-state index in [9.17, 15) is 9.59 Å². The SMILES string of the molecule is Cc1cccc(C)c1NC(=O)C1Cc2ccccc2C(=O)O1. The fourth-order valence-electron chi connectivity index (χ4n) is 2.69. The van der Waals surface area contributed by atoms with E-state index in [0.717, 1.165) is 22.4 Å². The van der Waals surface area contributed by atoms with Crippen LogP contribution in [0, 0.1) is 13.8 Å². The monoisotopic (exact) mass is 295 g/mol. The van der Waals surface area contributed by atoms with Gasteiger partial charge in [-0.25, -0.2) is 4.79 Å². The molecule has 2 aromatic rings. The molecule has 1 aliphatic rings. The van der Waals surface area contributed by atoms with E-state index >= 15 is 0 Å². The fourth-order valence-corrected chi connectivity index (χ4v) is 2.69. The van der Waals surface area contributed by atoms with Gasteiger partial charge < -0.3 is 10.1 Å². The lowest BCUT2D eigenvalue weighted by Crippen LogP contribution is -2.38. The van der Waals surface area contributed by atoms with Crippen molar-refractivity contribution in [3.8, 4) is 0 Å². The number of nitrogens with one attached hydrogen (secondary N) is 1. The quantitative estimate of drug-likeness (QED) is 0.866. The summed E-state index contributed by atoms with van der Waals surface area (Å²) in [6.07, 6.45) is -0.389. The standard InChI is InChI=1S/C18H17NO3/c1-11-6-5-7-12(2)16(11)19-17(20)15-10-13-8-3-4-9-14(13)18(21)22-15/h3-9,15H,10H2,1-2H3,(H,19,20). The van der Waals surface area contributed by atoms with Gasteiger partial charge in [0, 0.05) is 12.1 Å². The van der Waals surface area contributed by atoms with Gasteiger partial charge >= 0.3 is 5.97 Å². The van der Waals surface area contributed by atoms with Crippen molar-refractivity contribution in [2.24, 2.45) is 0 Å². The summed E-state index contributed by atoms with van der Waals surface area (Å²) in [5, 5.41) is 2.88. The predicted molar refractivity (Wildman–Crippen MR) is 83.9 cm³/mol. The second kappa shape index (κ2) is 5.64. The molecule has 1 atom stereocenters. The molecule has 22 heavy (non-hydrogen) atoms. The van der Waals surface area contributed by atoms with Crippen molar-refractivity contribution in [1.82, 2.24) is 0 Å². The number of hydrogen-bond donors (Lipinski definition) is 1. The molecule has 0 aromatic heterocycles. The molecule has 1 heterocycles. The van der Waals surface area contributed by atoms with Crippen molar-refractivity contribution in [1.29, 1.82) is 0 Å². The van der Waals surface area contributed by atoms with Crippen molar-refractivity contribution in [3.05, 3.63) is 64.7 Å². The maximum Gasteiger partial charge on any atom is 0.339 e. The van der Waals surface area contributed by atoms with Gasteiger partial charge in [0.15, 0.2) is 6.10 Å². The second-order valence-electron chi connectivity index (χ2n) is 5.51. The number of fused-ring (bicyclic) bond motifs is 1. The van der Waals surface area contributed by atoms with Gasteiger partial charge in [0.1, 0.15) is 0 Å². The van der Waals surface area contributed by atoms with E-state index in [2.05, 4.69) is 5.32 Å². The van der Waals surface area contributed by atoms with Crippen molar-refractivity contribution in [3.63, 3.8) is 0 Å². The van der Waals surface area contributed by atoms with E-state index in [1.54, 1.807) is 12.1 Å². The Labute approximate surface area is 129 Å². The van der Waals surface area contributed by atoms with Gasteiger partial charge in [0.2, 0.25) is 0 Å². The zero-order valence-electron chi connectivity index (χ0n) is 12.6. The summed E-state index contributed by atoms with van der Waals surface area (Å²) in [4.78, 5) is 24.4. The van der Waals surface area contributed by atoms with Gasteiger partial charge in [-0.3, -0.25) is 4.79 Å². The van der Waals surface area contributed by atoms with E-state index in [-0.39, 0.29) is 5.91 Å². The highest BCUT2D eigenvalue weighted by molar-refractivity contribution is 6.00. The number of aryl methyl sites for hydroxylation is 2. The number of para-hydroxylation sites is 1. The number of cyclic esters (lactones) is 1. The number of esters is 1. The lowest BCUT2D eigenvalue weighted by Gasteiger charge is -2.24. The van der Waals surface area contributed by atoms with Crippen molar-refractivity contribution >= 4 is 17.6 Å². The number of ether oxygens (including phenoxy) is 1. The molecule has 1 amide bonds. The van der Waals surface area contributed by atoms with E-state index < -0.39 is 12.1 Å². The van der Waals surface area contributed by atoms with Crippen LogP contribution < -0.4 is 5.32 Å². The highest BCUT2D eigenvalue weighted by Gasteiger charge is 2.31. The summed E-state index contributed by atoms with van der Waals surface area (Å²) in [5.74, 6) is -0.733. The smallest absolute Gasteiger partial charge is 0.339 e. The maximum atomic E-state index is 12.4. The average molecular weight is 295 g/mol. The number of carbonyl (C=O) groups excluding carboxylic acids is 2. The minimum atomic E-state index is -0.790. The zero-order valence-corrected chi connectivity index (χ0v) is 12.6. The zero-order chi connectivity index (χ0) is 15.7. The van der Waals surface area contributed by atoms with E-state index in [0.29, 0.717) is 12.0 Å². The van der Waals surface area contributed by atoms with Crippen LogP contribution in [-0.2, 0) is 16.0 Å². The number of amides is 1. The first-order valence-corrected chi connectivity index (χ1v) is 7.22. The van der Waals surface area contributed by atoms with Crippen molar-refractivity contribution in [2.45, 2.75) is 26.4 Å². The lowest BCUT2D eigenvalue weighted by molar-refractivity contribution is -0.125. The number of benzene rings is 2. The molecule has 0 saturated carbocycles. The molecule has 2 aromatic carbocycles. The molecule has 0 fully saturated rings. The van der Waals surface area contributed by atoms with Gasteiger partial charge in [-0.1, -0.05) is 36.4 Å². The molecule has 0 saturated heterocycles. The van der Waals surface area contributed by atoms with Crippen LogP contribution in [-0.4, -0.2) is 18.0 Å². The Kier molecular flexibility index (Phi) is 3.67. The van der Waals surface area contributed by atoms with Crippen LogP contribution in [0.15, 0.2) is 42.5 Å². The highest BCUT2D eigenvalue weighted by atomic mass is 16.5. The van der Waals surface area contributed by atoms with Gasteiger partial charge in [-0.05, 0) is 36.6 Å². The Morgan fingerprint density at radius 2 is 1.77 bits per heavy atom. The summed E-state index contributed by atoms with van der Waals surface area (Å²) in [6.45, 7) is 3.87. The molecule has 0 bridgehead atoms. The van der Waals surface area contributed by atoms with Crippen LogP contribution >= 0.6 is 0 Å². The Bertz CT molecular complexity index is 731. The first-order valence-electron chi connectivity index (χ1n) is 7.22. The topological polar surface area (TPSA) is 55.4 Å². The summed E-state index contributed by atoms with van der Waals surface area (Å²) in [5.41, 5.74) is 4.13. The molecular weight excluding hydrogens is 278 g/mol. The van der Waals surface area contributed by atoms with Crippen molar-refractivity contribution < 1.29 is 14.3 Å². The lowest BCUT2D eigenvalue weighted by atomic mass is 9.98. The van der Waals surface area contributed by atoms with Gasteiger partial charge in [0.05, 0.1) is 5.56 Å². The van der Waals surface area contributed by atoms with Crippen LogP contribution in [0.25, 0.3) is 0 Å². The van der Waals surface area contributed by atoms with Crippen LogP contribution in [0.1, 0.15) is 27.0 Å². The average Bonchev–Trinajstić information content (AvgIpc) is 2.51. The minimum absolute atomic E-state index is 0.291. The molecule has 1 aliphatic heterocycles. The first kappa shape index (κ1) is 14.3. The largest absolute Gasteiger partial charge is 0.448 e. The van der Waals surface area contributed by atoms with Crippen LogP contribution in [0.2, 0.25) is 0 Å². The van der Waals surface area contributed by atoms with Crippen LogP contribution in [0.5, 0.6) is 0 Å². The third kappa shape index (κ3) is 2.60. The normalized spacial score (nSPS) is 16.6. The number of rotatable bonds is 2. The number of carbonyl (C=O) groups is 2. The molecule has 0 radical (unpaired) electrons. The van der Waals surface area contributed by atoms with E-state index in [1.807, 2.05) is 44.2 Å². The van der Waals surface area contributed by atoms with Crippen molar-refractivity contribution in [2.75, 3.05) is 5.32 Å². The van der Waals surface area contributed by atoms with E-state index in [1.165, 1.54) is 0 Å². The fraction of sp³-hybridized carbons (Fsp3) is 0.222. The molecular formula is C18H17NO3. The summed E-state index contributed by atoms with van der Waals surface area (Å²) < 4.78 is 5.28. The third-order valence-corrected chi connectivity index (χ3v) is 3.91. The molecule has 0 aliphatic carbocycles. The summed E-state index contributed by atoms with van der Waals surface area (Å²) in [7, 11) is 0. The van der Waals surface area contributed by atoms with Gasteiger partial charge in [-0.15, -0.1) is 0 Å². The highest BCUT2D eigenvalue weighted by Crippen LogP contribution is 2.23. The second-order valence-corrected chi connectivity index (χ2v) is 5.51. The third-order valence-electron chi connectivity index (χ3n) is 3.91. The van der Waals surface area contributed by atoms with Crippen LogP contribution in [0.4, 0.5) is 5.69 Å². The maximum absolute atomic E-state index is 12.4. The Balaban J connectivity index is 1.81. The van der Waals surface area contributed by atoms with E-state index in [4.69, 9.17) is 4.74 Å². The summed E-state index contributed by atoms with van der Waals surface area (Å²) in [6, 6.07) is 13.0. The summed E-state index contributed by atoms with van der Waals surface area (Å²) >= 11 is 0. The molecule has 0 spiro atoms. The predicted octanol–water partition coefficient (Wildman–Crippen LogP) is 3.02. The van der Waals surface area contributed by atoms with Gasteiger partial charge in [-0.2, -0.15) is 0 Å². The number of anilines is 1.